The van der Waals surface area contributed by atoms with Crippen LogP contribution in [0.2, 0.25) is 5.02 Å². The summed E-state index contributed by atoms with van der Waals surface area (Å²) >= 11 is 6.11. The number of aromatic nitrogens is 3. The average Bonchev–Trinajstić information content (AvgIpc) is 3.08. The predicted molar refractivity (Wildman–Crippen MR) is 88.6 cm³/mol. The Balaban J connectivity index is 2.00. The summed E-state index contributed by atoms with van der Waals surface area (Å²) in [6, 6.07) is 5.22. The number of hydrogen-bond donors (Lipinski definition) is 1. The summed E-state index contributed by atoms with van der Waals surface area (Å²) in [4.78, 5) is 16.4. The van der Waals surface area contributed by atoms with Gasteiger partial charge in [0.25, 0.3) is 5.91 Å². The van der Waals surface area contributed by atoms with E-state index in [2.05, 4.69) is 17.1 Å². The number of hydrogen-bond acceptors (Lipinski definition) is 4. The molecule has 2 aromatic rings. The molecule has 1 aromatic carbocycles. The zero-order chi connectivity index (χ0) is 16.4. The van der Waals surface area contributed by atoms with Crippen molar-refractivity contribution in [1.82, 2.24) is 19.9 Å². The van der Waals surface area contributed by atoms with Crippen LogP contribution >= 0.6 is 11.6 Å². The second-order valence-electron chi connectivity index (χ2n) is 5.90. The van der Waals surface area contributed by atoms with Crippen LogP contribution in [-0.2, 0) is 0 Å². The molecule has 3 rings (SSSR count). The van der Waals surface area contributed by atoms with Gasteiger partial charge in [0, 0.05) is 24.2 Å². The summed E-state index contributed by atoms with van der Waals surface area (Å²) in [5.41, 5.74) is 7.04. The number of halogens is 1. The van der Waals surface area contributed by atoms with Crippen molar-refractivity contribution in [2.45, 2.75) is 25.8 Å². The fourth-order valence-electron chi connectivity index (χ4n) is 3.21. The first-order valence-electron chi connectivity index (χ1n) is 7.79. The van der Waals surface area contributed by atoms with Crippen LogP contribution in [0.5, 0.6) is 0 Å². The van der Waals surface area contributed by atoms with Gasteiger partial charge in [-0.1, -0.05) is 18.5 Å². The van der Waals surface area contributed by atoms with Crippen molar-refractivity contribution in [3.05, 3.63) is 41.2 Å². The van der Waals surface area contributed by atoms with Crippen molar-refractivity contribution in [3.63, 3.8) is 0 Å². The zero-order valence-corrected chi connectivity index (χ0v) is 13.8. The maximum atomic E-state index is 13.1. The summed E-state index contributed by atoms with van der Waals surface area (Å²) in [5, 5.41) is 8.76. The fourth-order valence-corrected chi connectivity index (χ4v) is 3.38. The summed E-state index contributed by atoms with van der Waals surface area (Å²) in [6.45, 7) is 3.32. The van der Waals surface area contributed by atoms with Gasteiger partial charge in [-0.3, -0.25) is 4.79 Å². The second kappa shape index (κ2) is 6.68. The number of piperidine rings is 1. The highest BCUT2D eigenvalue weighted by Crippen LogP contribution is 2.27. The maximum absolute atomic E-state index is 13.1. The third-order valence-corrected chi connectivity index (χ3v) is 4.68. The second-order valence-corrected chi connectivity index (χ2v) is 6.34. The number of likely N-dealkylation sites (tertiary alicyclic amines) is 1. The monoisotopic (exact) mass is 333 g/mol. The van der Waals surface area contributed by atoms with E-state index in [4.69, 9.17) is 17.3 Å². The van der Waals surface area contributed by atoms with Crippen molar-refractivity contribution in [2.24, 2.45) is 11.7 Å². The van der Waals surface area contributed by atoms with Crippen molar-refractivity contribution in [2.75, 3.05) is 13.1 Å². The Morgan fingerprint density at radius 1 is 1.39 bits per heavy atom. The Morgan fingerprint density at radius 2 is 2.13 bits per heavy atom. The molecule has 2 N–H and O–H groups in total. The highest BCUT2D eigenvalue weighted by atomic mass is 35.5. The van der Waals surface area contributed by atoms with Gasteiger partial charge < -0.3 is 10.6 Å². The van der Waals surface area contributed by atoms with Crippen molar-refractivity contribution < 1.29 is 4.79 Å². The van der Waals surface area contributed by atoms with Gasteiger partial charge in [0.2, 0.25) is 0 Å². The smallest absolute Gasteiger partial charge is 0.256 e. The summed E-state index contributed by atoms with van der Waals surface area (Å²) < 4.78 is 0. The lowest BCUT2D eigenvalue weighted by molar-refractivity contribution is 0.0532. The van der Waals surface area contributed by atoms with Crippen LogP contribution in [0.3, 0.4) is 0 Å². The van der Waals surface area contributed by atoms with Crippen molar-refractivity contribution >= 4 is 17.5 Å². The number of carbonyl (C=O) groups is 1. The van der Waals surface area contributed by atoms with Gasteiger partial charge in [-0.05, 0) is 37.0 Å². The first-order chi connectivity index (χ1) is 11.1. The number of benzene rings is 1. The molecule has 2 heterocycles. The molecule has 1 aliphatic rings. The molecule has 0 spiro atoms. The molecule has 1 unspecified atom stereocenters. The molecule has 1 amide bonds. The standard InChI is InChI=1S/C16H20ClN5O/c1-11-3-2-8-21(15(11)10-18)16(23)13-9-12(17)4-5-14(13)22-19-6-7-20-22/h4-7,9,11,15H,2-3,8,10,18H2,1H3/t11-,15?/m1/s1. The Labute approximate surface area is 140 Å². The molecule has 1 aliphatic heterocycles. The molecular formula is C16H20ClN5O. The molecule has 0 aliphatic carbocycles. The van der Waals surface area contributed by atoms with E-state index < -0.39 is 0 Å². The topological polar surface area (TPSA) is 77.0 Å². The van der Waals surface area contributed by atoms with Gasteiger partial charge in [0.1, 0.15) is 0 Å². The first-order valence-corrected chi connectivity index (χ1v) is 8.17. The van der Waals surface area contributed by atoms with Crippen LogP contribution in [-0.4, -0.2) is 44.9 Å². The molecule has 1 saturated heterocycles. The van der Waals surface area contributed by atoms with E-state index in [-0.39, 0.29) is 11.9 Å². The zero-order valence-electron chi connectivity index (χ0n) is 13.0. The normalized spacial score (nSPS) is 21.4. The SMILES string of the molecule is C[C@@H]1CCCN(C(=O)c2cc(Cl)ccc2-n2nccn2)C1CN. The number of carbonyl (C=O) groups excluding carboxylic acids is 1. The van der Waals surface area contributed by atoms with Crippen LogP contribution in [0.25, 0.3) is 5.69 Å². The first kappa shape index (κ1) is 16.0. The quantitative estimate of drug-likeness (QED) is 0.933. The fraction of sp³-hybridized carbons (Fsp3) is 0.438. The van der Waals surface area contributed by atoms with Crippen LogP contribution in [0, 0.1) is 5.92 Å². The minimum absolute atomic E-state index is 0.0497. The largest absolute Gasteiger partial charge is 0.334 e. The third kappa shape index (κ3) is 3.09. The molecule has 1 fully saturated rings. The Morgan fingerprint density at radius 3 is 2.83 bits per heavy atom. The highest BCUT2D eigenvalue weighted by molar-refractivity contribution is 6.31. The Hall–Kier alpha value is -1.92. The lowest BCUT2D eigenvalue weighted by Gasteiger charge is -2.39. The van der Waals surface area contributed by atoms with Crippen LogP contribution in [0.4, 0.5) is 0 Å². The predicted octanol–water partition coefficient (Wildman–Crippen LogP) is 2.12. The third-order valence-electron chi connectivity index (χ3n) is 4.44. The van der Waals surface area contributed by atoms with Gasteiger partial charge in [-0.25, -0.2) is 0 Å². The van der Waals surface area contributed by atoms with Gasteiger partial charge in [-0.2, -0.15) is 15.0 Å². The number of nitrogens with two attached hydrogens (primary N) is 1. The van der Waals surface area contributed by atoms with Gasteiger partial charge >= 0.3 is 0 Å². The van der Waals surface area contributed by atoms with E-state index in [0.717, 1.165) is 12.8 Å². The lowest BCUT2D eigenvalue weighted by atomic mass is 9.90. The molecule has 23 heavy (non-hydrogen) atoms. The Bertz CT molecular complexity index is 688. The molecule has 1 aromatic heterocycles. The number of rotatable bonds is 3. The molecule has 0 radical (unpaired) electrons. The van der Waals surface area contributed by atoms with E-state index in [1.165, 1.54) is 4.80 Å². The maximum Gasteiger partial charge on any atom is 0.256 e. The molecule has 122 valence electrons. The minimum Gasteiger partial charge on any atom is -0.334 e. The van der Waals surface area contributed by atoms with Gasteiger partial charge in [0.15, 0.2) is 0 Å². The molecule has 0 saturated carbocycles. The van der Waals surface area contributed by atoms with Crippen LogP contribution in [0.1, 0.15) is 30.1 Å². The van der Waals surface area contributed by atoms with E-state index in [9.17, 15) is 4.79 Å². The van der Waals surface area contributed by atoms with Crippen LogP contribution < -0.4 is 5.73 Å². The Kier molecular flexibility index (Phi) is 4.63. The molecule has 6 nitrogen and oxygen atoms in total. The molecule has 7 heteroatoms. The van der Waals surface area contributed by atoms with Gasteiger partial charge in [-0.15, -0.1) is 0 Å². The molecular weight excluding hydrogens is 314 g/mol. The summed E-state index contributed by atoms with van der Waals surface area (Å²) in [7, 11) is 0. The van der Waals surface area contributed by atoms with Crippen LogP contribution in [0.15, 0.2) is 30.6 Å². The van der Waals surface area contributed by atoms with Crippen molar-refractivity contribution in [3.8, 4) is 5.69 Å². The average molecular weight is 334 g/mol. The molecule has 2 atom stereocenters. The highest BCUT2D eigenvalue weighted by Gasteiger charge is 2.32. The summed E-state index contributed by atoms with van der Waals surface area (Å²) in [6.07, 6.45) is 5.23. The minimum atomic E-state index is -0.0678. The van der Waals surface area contributed by atoms with Gasteiger partial charge in [0.05, 0.1) is 23.6 Å². The lowest BCUT2D eigenvalue weighted by Crippen LogP contribution is -2.51. The number of amides is 1. The van der Waals surface area contributed by atoms with E-state index in [0.29, 0.717) is 35.3 Å². The van der Waals surface area contributed by atoms with Crippen molar-refractivity contribution in [1.29, 1.82) is 0 Å². The van der Waals surface area contributed by atoms with E-state index in [1.807, 2.05) is 4.90 Å². The molecule has 0 bridgehead atoms. The van der Waals surface area contributed by atoms with E-state index in [1.54, 1.807) is 30.6 Å². The number of nitrogens with zero attached hydrogens (tertiary/aromatic N) is 4. The van der Waals surface area contributed by atoms with E-state index >= 15 is 0 Å². The summed E-state index contributed by atoms with van der Waals surface area (Å²) in [5.74, 6) is 0.324.